The summed E-state index contributed by atoms with van der Waals surface area (Å²) in [5.41, 5.74) is 0.595. The van der Waals surface area contributed by atoms with E-state index in [-0.39, 0.29) is 18.2 Å². The van der Waals surface area contributed by atoms with Crippen LogP contribution < -0.4 is 9.88 Å². The van der Waals surface area contributed by atoms with Crippen LogP contribution in [0, 0.1) is 0 Å². The molecule has 92 valence electrons. The molecule has 0 saturated heterocycles. The molecule has 1 rings (SSSR count). The van der Waals surface area contributed by atoms with Gasteiger partial charge in [0.05, 0.1) is 12.2 Å². The molecular formula is C12H17N2O3+. The number of hydrogen-bond acceptors (Lipinski definition) is 3. The number of carbonyl (C=O) groups excluding carboxylic acids is 2. The number of Topliss-reactive ketones (excluding diaryl/α,β-unsaturated/α-hetero) is 1. The summed E-state index contributed by atoms with van der Waals surface area (Å²) in [6.07, 6.45) is 3.42. The van der Waals surface area contributed by atoms with E-state index in [1.54, 1.807) is 36.2 Å². The molecule has 0 aliphatic heterocycles. The predicted octanol–water partition coefficient (Wildman–Crippen LogP) is -0.0607. The zero-order valence-electron chi connectivity index (χ0n) is 10.1. The number of ether oxygens (including phenoxy) is 1. The molecule has 1 N–H and O–H groups in total. The van der Waals surface area contributed by atoms with Crippen LogP contribution in [0.5, 0.6) is 0 Å². The Kier molecular flexibility index (Phi) is 5.29. The standard InChI is InChI=1S/C12H16N2O3/c1-10(15)11-4-3-6-14(8-11)9-12(16)13-5-7-17-2/h3-4,6,8H,5,7,9H2,1-2H3/p+1. The Morgan fingerprint density at radius 2 is 2.24 bits per heavy atom. The lowest BCUT2D eigenvalue weighted by molar-refractivity contribution is -0.684. The maximum Gasteiger partial charge on any atom is 0.286 e. The fourth-order valence-corrected chi connectivity index (χ4v) is 1.34. The molecule has 0 atom stereocenters. The summed E-state index contributed by atoms with van der Waals surface area (Å²) in [6, 6.07) is 3.47. The first-order chi connectivity index (χ1) is 8.13. The van der Waals surface area contributed by atoms with Crippen LogP contribution in [0.1, 0.15) is 17.3 Å². The van der Waals surface area contributed by atoms with Crippen LogP contribution in [0.2, 0.25) is 0 Å². The molecule has 5 heteroatoms. The first kappa shape index (κ1) is 13.3. The first-order valence-electron chi connectivity index (χ1n) is 5.39. The Morgan fingerprint density at radius 1 is 1.47 bits per heavy atom. The molecule has 0 fully saturated rings. The number of rotatable bonds is 6. The largest absolute Gasteiger partial charge is 0.383 e. The van der Waals surface area contributed by atoms with Gasteiger partial charge in [-0.05, 0) is 13.0 Å². The van der Waals surface area contributed by atoms with Gasteiger partial charge in [0, 0.05) is 19.7 Å². The molecule has 17 heavy (non-hydrogen) atoms. The minimum absolute atomic E-state index is 0.0147. The van der Waals surface area contributed by atoms with Crippen LogP contribution in [0.4, 0.5) is 0 Å². The number of amides is 1. The second-order valence-electron chi connectivity index (χ2n) is 3.66. The topological polar surface area (TPSA) is 59.3 Å². The molecule has 0 saturated carbocycles. The highest BCUT2D eigenvalue weighted by molar-refractivity contribution is 5.93. The van der Waals surface area contributed by atoms with Gasteiger partial charge in [0.15, 0.2) is 18.2 Å². The van der Waals surface area contributed by atoms with E-state index < -0.39 is 0 Å². The molecule has 0 aliphatic rings. The first-order valence-corrected chi connectivity index (χ1v) is 5.39. The van der Waals surface area contributed by atoms with Gasteiger partial charge in [0.2, 0.25) is 6.54 Å². The monoisotopic (exact) mass is 237 g/mol. The summed E-state index contributed by atoms with van der Waals surface area (Å²) in [7, 11) is 1.58. The van der Waals surface area contributed by atoms with Crippen LogP contribution >= 0.6 is 0 Å². The molecule has 0 aromatic carbocycles. The second kappa shape index (κ2) is 6.75. The minimum atomic E-state index is -0.104. The zero-order valence-corrected chi connectivity index (χ0v) is 10.1. The van der Waals surface area contributed by atoms with E-state index >= 15 is 0 Å². The number of hydrogen-bond donors (Lipinski definition) is 1. The number of carbonyl (C=O) groups is 2. The molecule has 0 bridgehead atoms. The number of nitrogens with one attached hydrogen (secondary N) is 1. The van der Waals surface area contributed by atoms with Crippen molar-refractivity contribution in [3.63, 3.8) is 0 Å². The van der Waals surface area contributed by atoms with E-state index in [0.717, 1.165) is 0 Å². The molecule has 1 aromatic rings. The lowest BCUT2D eigenvalue weighted by Crippen LogP contribution is -2.43. The Balaban J connectivity index is 2.53. The van der Waals surface area contributed by atoms with E-state index in [4.69, 9.17) is 4.74 Å². The molecular weight excluding hydrogens is 220 g/mol. The van der Waals surface area contributed by atoms with Gasteiger partial charge < -0.3 is 10.1 Å². The third kappa shape index (κ3) is 4.74. The molecule has 0 spiro atoms. The number of ketones is 1. The van der Waals surface area contributed by atoms with Crippen molar-refractivity contribution in [2.24, 2.45) is 0 Å². The van der Waals surface area contributed by atoms with Gasteiger partial charge in [0.1, 0.15) is 0 Å². The number of aromatic nitrogens is 1. The van der Waals surface area contributed by atoms with Crippen molar-refractivity contribution >= 4 is 11.7 Å². The molecule has 1 heterocycles. The van der Waals surface area contributed by atoms with Gasteiger partial charge >= 0.3 is 0 Å². The van der Waals surface area contributed by atoms with Crippen molar-refractivity contribution in [3.05, 3.63) is 30.1 Å². The highest BCUT2D eigenvalue weighted by Gasteiger charge is 2.10. The summed E-state index contributed by atoms with van der Waals surface area (Å²) in [4.78, 5) is 22.7. The van der Waals surface area contributed by atoms with E-state index in [9.17, 15) is 9.59 Å². The van der Waals surface area contributed by atoms with Crippen LogP contribution in [0.15, 0.2) is 24.5 Å². The molecule has 1 amide bonds. The van der Waals surface area contributed by atoms with Gasteiger partial charge in [-0.3, -0.25) is 9.59 Å². The number of methoxy groups -OCH3 is 1. The Hall–Kier alpha value is -1.75. The van der Waals surface area contributed by atoms with Gasteiger partial charge in [0.25, 0.3) is 5.91 Å². The fraction of sp³-hybridized carbons (Fsp3) is 0.417. The van der Waals surface area contributed by atoms with Crippen molar-refractivity contribution in [3.8, 4) is 0 Å². The molecule has 0 radical (unpaired) electrons. The highest BCUT2D eigenvalue weighted by Crippen LogP contribution is 1.94. The van der Waals surface area contributed by atoms with Crippen LogP contribution in [-0.4, -0.2) is 32.0 Å². The smallest absolute Gasteiger partial charge is 0.286 e. The zero-order chi connectivity index (χ0) is 12.7. The minimum Gasteiger partial charge on any atom is -0.383 e. The van der Waals surface area contributed by atoms with Gasteiger partial charge in [-0.25, -0.2) is 0 Å². The summed E-state index contributed by atoms with van der Waals surface area (Å²) in [5, 5.41) is 2.71. The van der Waals surface area contributed by atoms with Crippen molar-refractivity contribution in [1.29, 1.82) is 0 Å². The summed E-state index contributed by atoms with van der Waals surface area (Å²) in [5.74, 6) is -0.119. The van der Waals surface area contributed by atoms with E-state index in [1.165, 1.54) is 6.92 Å². The van der Waals surface area contributed by atoms with Gasteiger partial charge in [-0.1, -0.05) is 0 Å². The molecule has 0 aliphatic carbocycles. The summed E-state index contributed by atoms with van der Waals surface area (Å²) in [6.45, 7) is 2.68. The maximum absolute atomic E-state index is 11.5. The summed E-state index contributed by atoms with van der Waals surface area (Å²) < 4.78 is 6.51. The van der Waals surface area contributed by atoms with Crippen molar-refractivity contribution in [2.45, 2.75) is 13.5 Å². The third-order valence-electron chi connectivity index (χ3n) is 2.22. The Labute approximate surface area is 100 Å². The average molecular weight is 237 g/mol. The SMILES string of the molecule is COCCNC(=O)C[n+]1cccc(C(C)=O)c1. The van der Waals surface area contributed by atoms with Crippen molar-refractivity contribution < 1.29 is 18.9 Å². The maximum atomic E-state index is 11.5. The Morgan fingerprint density at radius 3 is 2.88 bits per heavy atom. The van der Waals surface area contributed by atoms with E-state index in [2.05, 4.69) is 5.32 Å². The average Bonchev–Trinajstić information content (AvgIpc) is 2.29. The van der Waals surface area contributed by atoms with Crippen molar-refractivity contribution in [1.82, 2.24) is 5.32 Å². The second-order valence-corrected chi connectivity index (χ2v) is 3.66. The lowest BCUT2D eigenvalue weighted by atomic mass is 10.2. The normalized spacial score (nSPS) is 10.0. The van der Waals surface area contributed by atoms with Crippen molar-refractivity contribution in [2.75, 3.05) is 20.3 Å². The Bertz CT molecular complexity index is 404. The molecule has 0 unspecified atom stereocenters. The highest BCUT2D eigenvalue weighted by atomic mass is 16.5. The van der Waals surface area contributed by atoms with Crippen LogP contribution in [0.3, 0.4) is 0 Å². The van der Waals surface area contributed by atoms with E-state index in [0.29, 0.717) is 18.7 Å². The van der Waals surface area contributed by atoms with E-state index in [1.807, 2.05) is 0 Å². The summed E-state index contributed by atoms with van der Waals surface area (Å²) >= 11 is 0. The fourth-order valence-electron chi connectivity index (χ4n) is 1.34. The number of pyridine rings is 1. The molecule has 1 aromatic heterocycles. The quantitative estimate of drug-likeness (QED) is 0.428. The number of nitrogens with zero attached hydrogens (tertiary/aromatic N) is 1. The van der Waals surface area contributed by atoms with Gasteiger partial charge in [-0.15, -0.1) is 0 Å². The van der Waals surface area contributed by atoms with Gasteiger partial charge in [-0.2, -0.15) is 4.57 Å². The third-order valence-corrected chi connectivity index (χ3v) is 2.22. The predicted molar refractivity (Wildman–Crippen MR) is 61.5 cm³/mol. The van der Waals surface area contributed by atoms with Crippen LogP contribution in [-0.2, 0) is 16.1 Å². The van der Waals surface area contributed by atoms with Crippen LogP contribution in [0.25, 0.3) is 0 Å². The molecule has 5 nitrogen and oxygen atoms in total. The lowest BCUT2D eigenvalue weighted by Gasteiger charge is -2.02.